The predicted octanol–water partition coefficient (Wildman–Crippen LogP) is 0.955. The Morgan fingerprint density at radius 1 is 1.02 bits per heavy atom. The monoisotopic (exact) mass is 604 g/mol. The number of phenolic OH excluding ortho intramolecular Hbond substituents is 1. The summed E-state index contributed by atoms with van der Waals surface area (Å²) in [4.78, 5) is 72.9. The van der Waals surface area contributed by atoms with Gasteiger partial charge in [0, 0.05) is 44.4 Å². The molecule has 1 amide bonds. The molecule has 234 valence electrons. The van der Waals surface area contributed by atoms with Gasteiger partial charge in [-0.3, -0.25) is 33.8 Å². The van der Waals surface area contributed by atoms with Gasteiger partial charge in [0.15, 0.2) is 34.7 Å². The van der Waals surface area contributed by atoms with E-state index >= 15 is 0 Å². The lowest BCUT2D eigenvalue weighted by Gasteiger charge is -2.52. The Kier molecular flexibility index (Phi) is 8.25. The van der Waals surface area contributed by atoms with Crippen molar-refractivity contribution in [1.29, 1.82) is 0 Å². The lowest BCUT2D eigenvalue weighted by molar-refractivity contribution is -0.181. The number of fused-ring (bicyclic) bond motifs is 3. The van der Waals surface area contributed by atoms with Gasteiger partial charge in [0.05, 0.1) is 17.5 Å². The summed E-state index contributed by atoms with van der Waals surface area (Å²) in [7, 11) is 6.80. The molecule has 4 N–H and O–H groups in total. The maximum atomic E-state index is 14.3. The Morgan fingerprint density at radius 3 is 2.25 bits per heavy atom. The summed E-state index contributed by atoms with van der Waals surface area (Å²) < 4.78 is 0. The van der Waals surface area contributed by atoms with Crippen molar-refractivity contribution in [1.82, 2.24) is 9.80 Å². The van der Waals surface area contributed by atoms with Gasteiger partial charge in [-0.1, -0.05) is 37.3 Å². The number of aliphatic hydroxyl groups is 1. The summed E-state index contributed by atoms with van der Waals surface area (Å²) in [6.45, 7) is 3.62. The fourth-order valence-corrected chi connectivity index (χ4v) is 7.59. The normalized spacial score (nSPS) is 28.1. The van der Waals surface area contributed by atoms with Gasteiger partial charge in [-0.25, -0.2) is 0 Å². The molecule has 0 heterocycles. The van der Waals surface area contributed by atoms with Crippen molar-refractivity contribution in [2.24, 2.45) is 29.4 Å². The Hall–Kier alpha value is -3.93. The molecular formula is C33H40N4O7. The van der Waals surface area contributed by atoms with Crippen LogP contribution in [0.15, 0.2) is 36.4 Å². The molecule has 0 aromatic heterocycles. The van der Waals surface area contributed by atoms with E-state index in [1.807, 2.05) is 62.3 Å². The largest absolute Gasteiger partial charge is 0.507 e. The fourth-order valence-electron chi connectivity index (χ4n) is 7.59. The van der Waals surface area contributed by atoms with Crippen molar-refractivity contribution in [3.05, 3.63) is 58.7 Å². The Balaban J connectivity index is 1.58. The molecule has 2 saturated carbocycles. The third kappa shape index (κ3) is 4.83. The zero-order chi connectivity index (χ0) is 32.2. The quantitative estimate of drug-likeness (QED) is 0.370. The molecule has 2 aromatic carbocycles. The number of ketones is 4. The first-order chi connectivity index (χ1) is 20.7. The molecular weight excluding hydrogens is 564 g/mol. The van der Waals surface area contributed by atoms with Crippen molar-refractivity contribution in [2.45, 2.75) is 44.5 Å². The van der Waals surface area contributed by atoms with E-state index in [4.69, 9.17) is 5.73 Å². The molecule has 11 nitrogen and oxygen atoms in total. The predicted molar refractivity (Wildman–Crippen MR) is 162 cm³/mol. The number of primary amides is 1. The summed E-state index contributed by atoms with van der Waals surface area (Å²) in [5.41, 5.74) is 5.58. The number of carbonyl (C=O) groups excluding carboxylic acids is 5. The first-order valence-electron chi connectivity index (χ1n) is 14.9. The van der Waals surface area contributed by atoms with Crippen molar-refractivity contribution in [2.75, 3.05) is 39.6 Å². The van der Waals surface area contributed by atoms with Crippen LogP contribution in [0.2, 0.25) is 0 Å². The van der Waals surface area contributed by atoms with Crippen molar-refractivity contribution in [3.63, 3.8) is 0 Å². The second-order valence-electron chi connectivity index (χ2n) is 12.7. The van der Waals surface area contributed by atoms with Crippen LogP contribution >= 0.6 is 0 Å². The number of benzene rings is 2. The van der Waals surface area contributed by atoms with E-state index in [1.54, 1.807) is 14.1 Å². The molecule has 2 unspecified atom stereocenters. The maximum absolute atomic E-state index is 14.3. The molecule has 2 aromatic rings. The number of hydrogen-bond donors (Lipinski definition) is 3. The van der Waals surface area contributed by atoms with Gasteiger partial charge in [-0.05, 0) is 56.6 Å². The van der Waals surface area contributed by atoms with Gasteiger partial charge in [0.2, 0.25) is 5.91 Å². The smallest absolute Gasteiger partial charge is 0.235 e. The van der Waals surface area contributed by atoms with Crippen LogP contribution in [-0.2, 0) is 38.7 Å². The van der Waals surface area contributed by atoms with Crippen molar-refractivity contribution < 1.29 is 34.2 Å². The van der Waals surface area contributed by atoms with Crippen molar-refractivity contribution in [3.8, 4) is 5.75 Å². The van der Waals surface area contributed by atoms with Crippen LogP contribution < -0.4 is 10.6 Å². The number of Topliss-reactive ketones (excluding diaryl/α,β-unsaturated/α-hetero) is 4. The summed E-state index contributed by atoms with van der Waals surface area (Å²) >= 11 is 0. The number of phenols is 1. The highest BCUT2D eigenvalue weighted by atomic mass is 16.3. The average Bonchev–Trinajstić information content (AvgIpc) is 2.95. The van der Waals surface area contributed by atoms with Gasteiger partial charge in [-0.2, -0.15) is 0 Å². The summed E-state index contributed by atoms with van der Waals surface area (Å²) in [6.07, 6.45) is 0.231. The summed E-state index contributed by atoms with van der Waals surface area (Å²) in [5.74, 6) is -10.5. The lowest BCUT2D eigenvalue weighted by atomic mass is 9.52. The van der Waals surface area contributed by atoms with Gasteiger partial charge >= 0.3 is 0 Å². The first kappa shape index (κ1) is 31.5. The number of rotatable bonds is 8. The molecule has 0 radical (unpaired) electrons. The number of hydrogen-bond acceptors (Lipinski definition) is 10. The van der Waals surface area contributed by atoms with Crippen LogP contribution in [0.4, 0.5) is 5.69 Å². The van der Waals surface area contributed by atoms with E-state index in [0.717, 1.165) is 11.3 Å². The highest BCUT2D eigenvalue weighted by molar-refractivity contribution is 6.32. The zero-order valence-corrected chi connectivity index (χ0v) is 25.7. The van der Waals surface area contributed by atoms with E-state index in [1.165, 1.54) is 4.90 Å². The second kappa shape index (κ2) is 11.5. The number of nitrogens with zero attached hydrogens (tertiary/aromatic N) is 3. The molecule has 2 fully saturated rings. The van der Waals surface area contributed by atoms with E-state index < -0.39 is 64.4 Å². The number of carbonyl (C=O) groups is 5. The molecule has 6 atom stereocenters. The summed E-state index contributed by atoms with van der Waals surface area (Å²) in [5, 5.41) is 23.4. The van der Waals surface area contributed by atoms with Crippen LogP contribution in [-0.4, -0.2) is 95.4 Å². The molecule has 44 heavy (non-hydrogen) atoms. The molecule has 0 aliphatic heterocycles. The number of aromatic hydroxyl groups is 1. The van der Waals surface area contributed by atoms with Gasteiger partial charge in [-0.15, -0.1) is 0 Å². The molecule has 0 bridgehead atoms. The minimum Gasteiger partial charge on any atom is -0.507 e. The van der Waals surface area contributed by atoms with Crippen LogP contribution in [0.3, 0.4) is 0 Å². The fraction of sp³-hybridized carbons (Fsp3) is 0.485. The Bertz CT molecular complexity index is 1540. The number of anilines is 1. The zero-order valence-electron chi connectivity index (χ0n) is 25.7. The molecule has 3 aliphatic rings. The second-order valence-corrected chi connectivity index (χ2v) is 12.7. The lowest BCUT2D eigenvalue weighted by Crippen LogP contribution is -2.74. The van der Waals surface area contributed by atoms with Gasteiger partial charge in [0.1, 0.15) is 5.75 Å². The number of amides is 1. The summed E-state index contributed by atoms with van der Waals surface area (Å²) in [6, 6.07) is 10.6. The van der Waals surface area contributed by atoms with E-state index in [2.05, 4.69) is 4.90 Å². The average molecular weight is 605 g/mol. The topological polar surface area (TPSA) is 162 Å². The molecule has 3 aliphatic carbocycles. The van der Waals surface area contributed by atoms with Crippen LogP contribution in [0.1, 0.15) is 40.4 Å². The first-order valence-corrected chi connectivity index (χ1v) is 14.9. The van der Waals surface area contributed by atoms with Crippen LogP contribution in [0, 0.1) is 23.7 Å². The van der Waals surface area contributed by atoms with Crippen LogP contribution in [0.25, 0.3) is 0 Å². The highest BCUT2D eigenvalue weighted by Gasteiger charge is 2.69. The highest BCUT2D eigenvalue weighted by Crippen LogP contribution is 2.52. The molecule has 0 spiro atoms. The minimum absolute atomic E-state index is 0.00793. The molecule has 5 rings (SSSR count). The number of nitrogens with two attached hydrogens (primary N) is 1. The van der Waals surface area contributed by atoms with E-state index in [0.29, 0.717) is 30.8 Å². The number of likely N-dealkylation sites (N-methyl/N-ethyl adjacent to an activating group) is 1. The van der Waals surface area contributed by atoms with E-state index in [-0.39, 0.29) is 24.2 Å². The van der Waals surface area contributed by atoms with Gasteiger partial charge in [0.25, 0.3) is 0 Å². The van der Waals surface area contributed by atoms with Crippen molar-refractivity contribution >= 4 is 34.7 Å². The Labute approximate surface area is 256 Å². The molecule has 11 heteroatoms. The third-order valence-electron chi connectivity index (χ3n) is 9.69. The van der Waals surface area contributed by atoms with E-state index in [9.17, 15) is 34.2 Å². The standard InChI is InChI=1S/C33H40N4O7/c1-6-37(15-17-10-8-7-9-11-17)16-19-14-22(35(2)3)20-12-18-13-21-26(36(4)5)29(40)25(32(34)43)31(42)33(21,44)30(41)23(18)28(39)24(20)27(19)38/h7-11,14,18,21,23,25-26,38,44H,6,12-13,15-16H2,1-5H3,(H2,34,43)/t18-,21-,23?,25?,26-,33-/m0/s1. The van der Waals surface area contributed by atoms with Crippen LogP contribution in [0.5, 0.6) is 5.75 Å². The molecule has 0 saturated heterocycles. The minimum atomic E-state index is -2.75. The SMILES string of the molecule is CCN(Cc1ccccc1)Cc1cc(N(C)C)c2c(c1O)C(=O)C1C(=O)[C@]3(O)C(=O)C(C(N)=O)C(=O)[C@@H](N(C)C)[C@@H]3C[C@@H]1C2. The maximum Gasteiger partial charge on any atom is 0.235 e. The Morgan fingerprint density at radius 2 is 1.68 bits per heavy atom. The third-order valence-corrected chi connectivity index (χ3v) is 9.69. The van der Waals surface area contributed by atoms with Gasteiger partial charge < -0.3 is 20.8 Å².